The molecule has 1 aliphatic carbocycles. The third-order valence-corrected chi connectivity index (χ3v) is 5.52. The molecule has 4 rings (SSSR count). The second-order valence-electron chi connectivity index (χ2n) is 7.20. The fourth-order valence-corrected chi connectivity index (χ4v) is 4.28. The minimum Gasteiger partial charge on any atom is -0.478 e. The number of hydrogen-bond donors (Lipinski definition) is 2. The van der Waals surface area contributed by atoms with Crippen molar-refractivity contribution in [1.29, 1.82) is 0 Å². The first-order valence-electron chi connectivity index (χ1n) is 8.83. The second kappa shape index (κ2) is 6.25. The first-order chi connectivity index (χ1) is 12.5. The van der Waals surface area contributed by atoms with Crippen LogP contribution in [0.5, 0.6) is 0 Å². The Hall–Kier alpha value is -2.67. The fraction of sp³-hybridized carbons (Fsp3) is 0.421. The van der Waals surface area contributed by atoms with E-state index in [0.29, 0.717) is 6.54 Å². The molecule has 26 heavy (non-hydrogen) atoms. The van der Waals surface area contributed by atoms with E-state index in [-0.39, 0.29) is 17.7 Å². The topological polar surface area (TPSA) is 95.7 Å². The maximum Gasteiger partial charge on any atom is 0.336 e. The van der Waals surface area contributed by atoms with Crippen molar-refractivity contribution in [1.82, 2.24) is 14.5 Å². The molecule has 1 fully saturated rings. The molecule has 1 saturated carbocycles. The van der Waals surface area contributed by atoms with Crippen LogP contribution in [0.4, 0.5) is 0 Å². The summed E-state index contributed by atoms with van der Waals surface area (Å²) in [5.74, 6) is -1.74. The van der Waals surface area contributed by atoms with Gasteiger partial charge < -0.3 is 19.7 Å². The Kier molecular flexibility index (Phi) is 4.03. The van der Waals surface area contributed by atoms with Gasteiger partial charge in [0.05, 0.1) is 17.7 Å². The number of aromatic nitrogens is 2. The number of hydrogen-bond acceptors (Lipinski definition) is 5. The minimum atomic E-state index is -1.54. The second-order valence-corrected chi connectivity index (χ2v) is 7.20. The van der Waals surface area contributed by atoms with E-state index in [0.717, 1.165) is 36.7 Å². The Morgan fingerprint density at radius 1 is 1.31 bits per heavy atom. The molecule has 2 aliphatic rings. The monoisotopic (exact) mass is 355 g/mol. The lowest BCUT2D eigenvalue weighted by atomic mass is 9.94. The molecule has 7 heteroatoms. The molecule has 2 aromatic rings. The zero-order valence-electron chi connectivity index (χ0n) is 14.3. The number of pyridine rings is 1. The van der Waals surface area contributed by atoms with E-state index in [1.165, 1.54) is 6.20 Å². The summed E-state index contributed by atoms with van der Waals surface area (Å²) < 4.78 is 2.18. The molecule has 0 bridgehead atoms. The fourth-order valence-electron chi connectivity index (χ4n) is 4.28. The maximum absolute atomic E-state index is 12.1. The van der Waals surface area contributed by atoms with Crippen LogP contribution in [-0.4, -0.2) is 55.6 Å². The van der Waals surface area contributed by atoms with Crippen molar-refractivity contribution in [2.45, 2.75) is 37.3 Å². The molecule has 0 saturated heterocycles. The Labute approximate surface area is 150 Å². The number of nitrogens with zero attached hydrogens (tertiary/aromatic N) is 3. The van der Waals surface area contributed by atoms with Gasteiger partial charge >= 0.3 is 5.97 Å². The number of carboxylic acid groups (broad SMARTS) is 1. The van der Waals surface area contributed by atoms with Crippen molar-refractivity contribution >= 4 is 22.8 Å². The zero-order valence-corrected chi connectivity index (χ0v) is 14.3. The van der Waals surface area contributed by atoms with Gasteiger partial charge in [-0.05, 0) is 31.0 Å². The molecule has 0 radical (unpaired) electrons. The number of ketones is 1. The Morgan fingerprint density at radius 3 is 2.81 bits per heavy atom. The average molecular weight is 355 g/mol. The highest BCUT2D eigenvalue weighted by Crippen LogP contribution is 2.40. The summed E-state index contributed by atoms with van der Waals surface area (Å²) >= 11 is 0. The van der Waals surface area contributed by atoms with Gasteiger partial charge in [0.1, 0.15) is 11.8 Å². The van der Waals surface area contributed by atoms with E-state index >= 15 is 0 Å². The molecular weight excluding hydrogens is 334 g/mol. The highest BCUT2D eigenvalue weighted by atomic mass is 16.4. The van der Waals surface area contributed by atoms with Gasteiger partial charge in [0, 0.05) is 30.5 Å². The SMILES string of the molecule is O=C(O)C1=CN(CC2(n3ccc4cccnc43)CCCC2)CC(=O)C1O. The van der Waals surface area contributed by atoms with E-state index in [4.69, 9.17) is 0 Å². The Morgan fingerprint density at radius 2 is 2.08 bits per heavy atom. The molecular formula is C19H21N3O4. The van der Waals surface area contributed by atoms with Gasteiger partial charge in [-0.3, -0.25) is 4.79 Å². The molecule has 3 heterocycles. The van der Waals surface area contributed by atoms with Crippen LogP contribution in [0.1, 0.15) is 25.7 Å². The van der Waals surface area contributed by atoms with Crippen LogP contribution in [-0.2, 0) is 15.1 Å². The van der Waals surface area contributed by atoms with Crippen LogP contribution in [0.3, 0.4) is 0 Å². The van der Waals surface area contributed by atoms with Crippen molar-refractivity contribution in [3.8, 4) is 0 Å². The lowest BCUT2D eigenvalue weighted by molar-refractivity contribution is -0.138. The number of carbonyl (C=O) groups excluding carboxylic acids is 1. The number of aliphatic carboxylic acids is 1. The number of Topliss-reactive ketones (excluding diaryl/α,β-unsaturated/α-hetero) is 1. The van der Waals surface area contributed by atoms with E-state index in [1.54, 1.807) is 11.1 Å². The average Bonchev–Trinajstić information content (AvgIpc) is 3.25. The predicted molar refractivity (Wildman–Crippen MR) is 94.5 cm³/mol. The summed E-state index contributed by atoms with van der Waals surface area (Å²) in [7, 11) is 0. The number of carboxylic acids is 1. The van der Waals surface area contributed by atoms with Crippen LogP contribution in [0.25, 0.3) is 11.0 Å². The summed E-state index contributed by atoms with van der Waals surface area (Å²) in [4.78, 5) is 29.7. The summed E-state index contributed by atoms with van der Waals surface area (Å²) in [6, 6.07) is 5.96. The molecule has 0 aromatic carbocycles. The molecule has 1 atom stereocenters. The van der Waals surface area contributed by atoms with Crippen LogP contribution < -0.4 is 0 Å². The normalized spacial score (nSPS) is 22.7. The lowest BCUT2D eigenvalue weighted by Crippen LogP contribution is -2.48. The quantitative estimate of drug-likeness (QED) is 0.863. The summed E-state index contributed by atoms with van der Waals surface area (Å²) in [6.45, 7) is 0.537. The van der Waals surface area contributed by atoms with Gasteiger partial charge in [-0.25, -0.2) is 9.78 Å². The van der Waals surface area contributed by atoms with Crippen molar-refractivity contribution in [2.24, 2.45) is 0 Å². The van der Waals surface area contributed by atoms with Crippen LogP contribution >= 0.6 is 0 Å². The molecule has 1 aliphatic heterocycles. The van der Waals surface area contributed by atoms with E-state index < -0.39 is 17.9 Å². The lowest BCUT2D eigenvalue weighted by Gasteiger charge is -2.38. The molecule has 2 aromatic heterocycles. The number of fused-ring (bicyclic) bond motifs is 1. The first kappa shape index (κ1) is 16.8. The predicted octanol–water partition coefficient (Wildman–Crippen LogP) is 1.52. The Bertz CT molecular complexity index is 895. The van der Waals surface area contributed by atoms with Gasteiger partial charge in [0.2, 0.25) is 0 Å². The van der Waals surface area contributed by atoms with Crippen LogP contribution in [0.15, 0.2) is 42.4 Å². The highest BCUT2D eigenvalue weighted by Gasteiger charge is 2.40. The molecule has 0 amide bonds. The van der Waals surface area contributed by atoms with Gasteiger partial charge in [0.15, 0.2) is 5.78 Å². The van der Waals surface area contributed by atoms with Gasteiger partial charge in [-0.2, -0.15) is 0 Å². The zero-order chi connectivity index (χ0) is 18.3. The summed E-state index contributed by atoms with van der Waals surface area (Å²) in [5, 5.41) is 20.2. The third kappa shape index (κ3) is 2.68. The van der Waals surface area contributed by atoms with Crippen molar-refractivity contribution in [2.75, 3.05) is 13.1 Å². The molecule has 2 N–H and O–H groups in total. The number of carbonyl (C=O) groups is 2. The van der Waals surface area contributed by atoms with Crippen molar-refractivity contribution in [3.05, 3.63) is 42.4 Å². The minimum absolute atomic E-state index is 0.0202. The highest BCUT2D eigenvalue weighted by molar-refractivity contribution is 6.00. The third-order valence-electron chi connectivity index (χ3n) is 5.52. The van der Waals surface area contributed by atoms with Gasteiger partial charge in [-0.1, -0.05) is 12.8 Å². The largest absolute Gasteiger partial charge is 0.478 e. The smallest absolute Gasteiger partial charge is 0.336 e. The van der Waals surface area contributed by atoms with Crippen molar-refractivity contribution < 1.29 is 19.8 Å². The maximum atomic E-state index is 12.1. The van der Waals surface area contributed by atoms with E-state index in [9.17, 15) is 19.8 Å². The standard InChI is InChI=1S/C19H21N3O4/c23-15-11-21(10-14(16(15)24)18(25)26)12-19(6-1-2-7-19)22-9-5-13-4-3-8-20-17(13)22/h3-5,8-10,16,24H,1-2,6-7,11-12H2,(H,25,26). The van der Waals surface area contributed by atoms with Gasteiger partial charge in [0.25, 0.3) is 0 Å². The van der Waals surface area contributed by atoms with Crippen molar-refractivity contribution in [3.63, 3.8) is 0 Å². The number of aliphatic hydroxyl groups is 1. The number of aliphatic hydroxyl groups excluding tert-OH is 1. The van der Waals surface area contributed by atoms with E-state index in [1.807, 2.05) is 24.4 Å². The first-order valence-corrected chi connectivity index (χ1v) is 8.83. The van der Waals surface area contributed by atoms with Crippen LogP contribution in [0.2, 0.25) is 0 Å². The number of rotatable bonds is 4. The summed E-state index contributed by atoms with van der Waals surface area (Å²) in [5.41, 5.74) is 0.406. The molecule has 7 nitrogen and oxygen atoms in total. The Balaban J connectivity index is 1.72. The van der Waals surface area contributed by atoms with Crippen LogP contribution in [0, 0.1) is 0 Å². The summed E-state index contributed by atoms with van der Waals surface area (Å²) in [6.07, 6.45) is 7.72. The molecule has 0 spiro atoms. The van der Waals surface area contributed by atoms with Gasteiger partial charge in [-0.15, -0.1) is 0 Å². The molecule has 136 valence electrons. The molecule has 1 unspecified atom stereocenters. The van der Waals surface area contributed by atoms with E-state index in [2.05, 4.69) is 9.55 Å².